The minimum absolute atomic E-state index is 0.672. The first-order chi connectivity index (χ1) is 6.92. The second-order valence-electron chi connectivity index (χ2n) is 3.75. The van der Waals surface area contributed by atoms with Crippen LogP contribution in [-0.2, 0) is 11.2 Å². The molecule has 0 N–H and O–H groups in total. The van der Waals surface area contributed by atoms with Gasteiger partial charge in [-0.25, -0.2) is 0 Å². The van der Waals surface area contributed by atoms with Crippen LogP contribution in [0.5, 0.6) is 0 Å². The van der Waals surface area contributed by atoms with E-state index in [2.05, 4.69) is 21.7 Å². The van der Waals surface area contributed by atoms with Crippen LogP contribution >= 0.6 is 0 Å². The molecule has 1 aromatic heterocycles. The molecule has 0 unspecified atom stereocenters. The maximum atomic E-state index is 5.43. The largest absolute Gasteiger partial charge is 0.381 e. The van der Waals surface area contributed by atoms with Gasteiger partial charge in [0, 0.05) is 19.1 Å². The van der Waals surface area contributed by atoms with Gasteiger partial charge in [-0.15, -0.1) is 10.2 Å². The van der Waals surface area contributed by atoms with Gasteiger partial charge in [0.15, 0.2) is 0 Å². The van der Waals surface area contributed by atoms with Gasteiger partial charge < -0.3 is 9.30 Å². The van der Waals surface area contributed by atoms with Gasteiger partial charge in [0.05, 0.1) is 6.61 Å². The summed E-state index contributed by atoms with van der Waals surface area (Å²) in [5.41, 5.74) is 0. The molecule has 1 aliphatic carbocycles. The lowest BCUT2D eigenvalue weighted by Gasteiger charge is -2.04. The van der Waals surface area contributed by atoms with Gasteiger partial charge in [-0.05, 0) is 19.3 Å². The summed E-state index contributed by atoms with van der Waals surface area (Å²) in [6, 6.07) is 0.672. The van der Waals surface area contributed by atoms with Crippen LogP contribution in [0.3, 0.4) is 0 Å². The zero-order chi connectivity index (χ0) is 9.80. The predicted octanol–water partition coefficient (Wildman–Crippen LogP) is 1.58. The van der Waals surface area contributed by atoms with Crippen molar-refractivity contribution in [3.63, 3.8) is 0 Å². The van der Waals surface area contributed by atoms with Crippen LogP contribution in [-0.4, -0.2) is 28.0 Å². The topological polar surface area (TPSA) is 39.9 Å². The highest BCUT2D eigenvalue weighted by Crippen LogP contribution is 2.35. The Morgan fingerprint density at radius 3 is 3.07 bits per heavy atom. The molecule has 4 heteroatoms. The Kier molecular flexibility index (Phi) is 3.14. The van der Waals surface area contributed by atoms with E-state index in [-0.39, 0.29) is 0 Å². The van der Waals surface area contributed by atoms with Gasteiger partial charge in [-0.3, -0.25) is 0 Å². The number of hydrogen-bond donors (Lipinski definition) is 0. The van der Waals surface area contributed by atoms with Gasteiger partial charge in [0.25, 0.3) is 0 Å². The Morgan fingerprint density at radius 1 is 1.50 bits per heavy atom. The Hall–Kier alpha value is -0.900. The predicted molar refractivity (Wildman–Crippen MR) is 53.1 cm³/mol. The van der Waals surface area contributed by atoms with Crippen LogP contribution in [0, 0.1) is 0 Å². The maximum Gasteiger partial charge on any atom is 0.135 e. The van der Waals surface area contributed by atoms with E-state index in [4.69, 9.17) is 4.74 Å². The zero-order valence-corrected chi connectivity index (χ0v) is 8.65. The molecule has 78 valence electrons. The third kappa shape index (κ3) is 2.32. The van der Waals surface area contributed by atoms with Crippen molar-refractivity contribution >= 4 is 0 Å². The molecule has 0 saturated heterocycles. The SMILES string of the molecule is CCCOCCc1nncn1C1CC1. The van der Waals surface area contributed by atoms with Crippen molar-refractivity contribution < 1.29 is 4.74 Å². The molecule has 1 heterocycles. The molecule has 2 rings (SSSR count). The third-order valence-electron chi connectivity index (χ3n) is 2.41. The molecule has 0 radical (unpaired) electrons. The second-order valence-corrected chi connectivity index (χ2v) is 3.75. The Bertz CT molecular complexity index is 281. The van der Waals surface area contributed by atoms with E-state index in [9.17, 15) is 0 Å². The highest BCUT2D eigenvalue weighted by Gasteiger charge is 2.25. The molecule has 0 aliphatic heterocycles. The average molecular weight is 195 g/mol. The van der Waals surface area contributed by atoms with Crippen LogP contribution in [0.4, 0.5) is 0 Å². The normalized spacial score (nSPS) is 16.1. The fourth-order valence-electron chi connectivity index (χ4n) is 1.51. The highest BCUT2D eigenvalue weighted by atomic mass is 16.5. The molecule has 0 spiro atoms. The van der Waals surface area contributed by atoms with Crippen LogP contribution in [0.2, 0.25) is 0 Å². The lowest BCUT2D eigenvalue weighted by Crippen LogP contribution is -2.06. The highest BCUT2D eigenvalue weighted by molar-refractivity contribution is 4.94. The average Bonchev–Trinajstić information content (AvgIpc) is 2.94. The minimum Gasteiger partial charge on any atom is -0.381 e. The molecule has 4 nitrogen and oxygen atoms in total. The molecule has 14 heavy (non-hydrogen) atoms. The van der Waals surface area contributed by atoms with E-state index in [1.165, 1.54) is 12.8 Å². The fraction of sp³-hybridized carbons (Fsp3) is 0.800. The molecule has 0 amide bonds. The van der Waals surface area contributed by atoms with Crippen LogP contribution in [0.15, 0.2) is 6.33 Å². The number of nitrogens with zero attached hydrogens (tertiary/aromatic N) is 3. The van der Waals surface area contributed by atoms with Crippen molar-refractivity contribution in [1.82, 2.24) is 14.8 Å². The monoisotopic (exact) mass is 195 g/mol. The molecule has 0 aromatic carbocycles. The molecule has 0 bridgehead atoms. The molecule has 1 saturated carbocycles. The van der Waals surface area contributed by atoms with E-state index in [0.717, 1.165) is 31.9 Å². The summed E-state index contributed by atoms with van der Waals surface area (Å²) >= 11 is 0. The number of aromatic nitrogens is 3. The van der Waals surface area contributed by atoms with Crippen LogP contribution in [0.1, 0.15) is 38.1 Å². The molecular formula is C10H17N3O. The first kappa shape index (κ1) is 9.65. The summed E-state index contributed by atoms with van der Waals surface area (Å²) in [5, 5.41) is 8.05. The van der Waals surface area contributed by atoms with E-state index < -0.39 is 0 Å². The van der Waals surface area contributed by atoms with Crippen LogP contribution in [0.25, 0.3) is 0 Å². The molecule has 1 aromatic rings. The lowest BCUT2D eigenvalue weighted by molar-refractivity contribution is 0.136. The van der Waals surface area contributed by atoms with Crippen molar-refractivity contribution in [3.8, 4) is 0 Å². The molecular weight excluding hydrogens is 178 g/mol. The second kappa shape index (κ2) is 4.55. The number of hydrogen-bond acceptors (Lipinski definition) is 3. The molecule has 1 fully saturated rings. The third-order valence-corrected chi connectivity index (χ3v) is 2.41. The first-order valence-electron chi connectivity index (χ1n) is 5.38. The first-order valence-corrected chi connectivity index (χ1v) is 5.38. The lowest BCUT2D eigenvalue weighted by atomic mass is 10.4. The van der Waals surface area contributed by atoms with Crippen LogP contribution < -0.4 is 0 Å². The summed E-state index contributed by atoms with van der Waals surface area (Å²) in [5.74, 6) is 1.07. The van der Waals surface area contributed by atoms with Crippen molar-refractivity contribution in [2.45, 2.75) is 38.6 Å². The number of ether oxygens (including phenoxy) is 1. The summed E-state index contributed by atoms with van der Waals surface area (Å²) < 4.78 is 7.62. The van der Waals surface area contributed by atoms with Crippen molar-refractivity contribution in [3.05, 3.63) is 12.2 Å². The standard InChI is InChI=1S/C10H17N3O/c1-2-6-14-7-5-10-12-11-8-13(10)9-3-4-9/h8-9H,2-7H2,1H3. The van der Waals surface area contributed by atoms with E-state index >= 15 is 0 Å². The van der Waals surface area contributed by atoms with E-state index in [1.54, 1.807) is 0 Å². The quantitative estimate of drug-likeness (QED) is 0.647. The summed E-state index contributed by atoms with van der Waals surface area (Å²) in [7, 11) is 0. The van der Waals surface area contributed by atoms with Gasteiger partial charge >= 0.3 is 0 Å². The van der Waals surface area contributed by atoms with Crippen molar-refractivity contribution in [2.75, 3.05) is 13.2 Å². The summed E-state index contributed by atoms with van der Waals surface area (Å²) in [6.07, 6.45) is 6.36. The molecule has 0 atom stereocenters. The van der Waals surface area contributed by atoms with E-state index in [1.807, 2.05) is 6.33 Å². The van der Waals surface area contributed by atoms with Crippen molar-refractivity contribution in [2.24, 2.45) is 0 Å². The fourth-order valence-corrected chi connectivity index (χ4v) is 1.51. The Balaban J connectivity index is 1.80. The van der Waals surface area contributed by atoms with E-state index in [0.29, 0.717) is 6.04 Å². The Morgan fingerprint density at radius 2 is 2.36 bits per heavy atom. The van der Waals surface area contributed by atoms with Gasteiger partial charge in [0.1, 0.15) is 12.2 Å². The van der Waals surface area contributed by atoms with Gasteiger partial charge in [0.2, 0.25) is 0 Å². The summed E-state index contributed by atoms with van der Waals surface area (Å²) in [6.45, 7) is 3.73. The minimum atomic E-state index is 0.672. The summed E-state index contributed by atoms with van der Waals surface area (Å²) in [4.78, 5) is 0. The maximum absolute atomic E-state index is 5.43. The molecule has 1 aliphatic rings. The Labute approximate surface area is 84.3 Å². The zero-order valence-electron chi connectivity index (χ0n) is 8.65. The smallest absolute Gasteiger partial charge is 0.135 e. The van der Waals surface area contributed by atoms with Crippen molar-refractivity contribution in [1.29, 1.82) is 0 Å². The van der Waals surface area contributed by atoms with Gasteiger partial charge in [-0.1, -0.05) is 6.92 Å². The number of rotatable bonds is 6. The van der Waals surface area contributed by atoms with Gasteiger partial charge in [-0.2, -0.15) is 0 Å².